The maximum Gasteiger partial charge on any atom is 0.317 e. The van der Waals surface area contributed by atoms with Gasteiger partial charge in [0.2, 0.25) is 0 Å². The molecule has 6 rings (SSSR count). The van der Waals surface area contributed by atoms with Crippen molar-refractivity contribution in [3.8, 4) is 0 Å². The number of fused-ring (bicyclic) bond motifs is 2. The molecule has 2 amide bonds. The lowest BCUT2D eigenvalue weighted by Gasteiger charge is -2.44. The summed E-state index contributed by atoms with van der Waals surface area (Å²) in [5.74, 6) is 3.32. The van der Waals surface area contributed by atoms with Gasteiger partial charge in [-0.15, -0.1) is 5.10 Å². The van der Waals surface area contributed by atoms with Crippen LogP contribution in [0.25, 0.3) is 0 Å². The number of hydrogen-bond donors (Lipinski definition) is 1. The van der Waals surface area contributed by atoms with E-state index in [0.29, 0.717) is 6.54 Å². The number of nitrogens with zero attached hydrogens (tertiary/aromatic N) is 4. The van der Waals surface area contributed by atoms with Crippen LogP contribution >= 0.6 is 0 Å². The fraction of sp³-hybridized carbons (Fsp3) is 0.824. The predicted molar refractivity (Wildman–Crippen MR) is 84.6 cm³/mol. The van der Waals surface area contributed by atoms with Gasteiger partial charge in [-0.05, 0) is 62.2 Å². The summed E-state index contributed by atoms with van der Waals surface area (Å²) in [4.78, 5) is 14.7. The van der Waals surface area contributed by atoms with Gasteiger partial charge in [-0.25, -0.2) is 9.48 Å². The summed E-state index contributed by atoms with van der Waals surface area (Å²) >= 11 is 0. The van der Waals surface area contributed by atoms with E-state index in [2.05, 4.69) is 20.5 Å². The first-order valence-corrected chi connectivity index (χ1v) is 9.15. The van der Waals surface area contributed by atoms with Crippen LogP contribution in [-0.4, -0.2) is 45.6 Å². The lowest BCUT2D eigenvalue weighted by molar-refractivity contribution is 0.0577. The summed E-state index contributed by atoms with van der Waals surface area (Å²) in [6.07, 6.45) is 11.4. The third-order valence-corrected chi connectivity index (χ3v) is 7.03. The van der Waals surface area contributed by atoms with Gasteiger partial charge in [0.05, 0.1) is 11.7 Å². The van der Waals surface area contributed by atoms with E-state index in [1.807, 2.05) is 10.9 Å². The van der Waals surface area contributed by atoms with E-state index in [0.717, 1.165) is 49.6 Å². The molecule has 0 spiro atoms. The largest absolute Gasteiger partial charge is 0.336 e. The number of amides is 2. The van der Waals surface area contributed by atoms with Crippen LogP contribution in [0.15, 0.2) is 12.4 Å². The first-order valence-electron chi connectivity index (χ1n) is 9.15. The zero-order valence-electron chi connectivity index (χ0n) is 13.5. The van der Waals surface area contributed by atoms with Gasteiger partial charge in [0, 0.05) is 25.8 Å². The van der Waals surface area contributed by atoms with Crippen molar-refractivity contribution in [2.75, 3.05) is 19.6 Å². The van der Waals surface area contributed by atoms with Crippen LogP contribution in [0.3, 0.4) is 0 Å². The minimum absolute atomic E-state index is 0.0162. The Morgan fingerprint density at radius 3 is 2.30 bits per heavy atom. The molecule has 4 aliphatic carbocycles. The molecular formula is C17H25N5O. The van der Waals surface area contributed by atoms with Crippen molar-refractivity contribution in [1.29, 1.82) is 0 Å². The molecule has 2 atom stereocenters. The molecule has 2 unspecified atom stereocenters. The summed E-state index contributed by atoms with van der Waals surface area (Å²) in [5, 5.41) is 11.2. The molecule has 1 N–H and O–H groups in total. The van der Waals surface area contributed by atoms with Crippen LogP contribution < -0.4 is 5.32 Å². The van der Waals surface area contributed by atoms with E-state index in [9.17, 15) is 4.79 Å². The molecule has 4 saturated carbocycles. The topological polar surface area (TPSA) is 63.1 Å². The second-order valence-electron chi connectivity index (χ2n) is 8.14. The Balaban J connectivity index is 1.21. The Kier molecular flexibility index (Phi) is 2.97. The van der Waals surface area contributed by atoms with Crippen molar-refractivity contribution in [3.63, 3.8) is 0 Å². The van der Waals surface area contributed by atoms with Crippen LogP contribution in [0.5, 0.6) is 0 Å². The summed E-state index contributed by atoms with van der Waals surface area (Å²) in [7, 11) is 0. The first-order chi connectivity index (χ1) is 11.3. The molecule has 5 fully saturated rings. The minimum Gasteiger partial charge on any atom is -0.336 e. The van der Waals surface area contributed by atoms with Crippen LogP contribution in [0.1, 0.15) is 38.5 Å². The second-order valence-corrected chi connectivity index (χ2v) is 8.14. The monoisotopic (exact) mass is 315 g/mol. The van der Waals surface area contributed by atoms with Crippen LogP contribution in [-0.2, 0) is 5.54 Å². The zero-order chi connectivity index (χ0) is 15.4. The van der Waals surface area contributed by atoms with Crippen molar-refractivity contribution in [2.45, 2.75) is 44.1 Å². The van der Waals surface area contributed by atoms with Gasteiger partial charge in [0.25, 0.3) is 0 Å². The van der Waals surface area contributed by atoms with Crippen LogP contribution in [0.2, 0.25) is 0 Å². The Morgan fingerprint density at radius 2 is 1.78 bits per heavy atom. The number of likely N-dealkylation sites (tertiary alicyclic amines) is 1. The number of aromatic nitrogens is 3. The smallest absolute Gasteiger partial charge is 0.317 e. The average molecular weight is 315 g/mol. The lowest BCUT2D eigenvalue weighted by atomic mass is 9.60. The van der Waals surface area contributed by atoms with Gasteiger partial charge < -0.3 is 10.2 Å². The number of carbonyl (C=O) groups is 1. The maximum absolute atomic E-state index is 12.6. The lowest BCUT2D eigenvalue weighted by Crippen LogP contribution is -2.43. The van der Waals surface area contributed by atoms with Gasteiger partial charge in [-0.2, -0.15) is 0 Å². The Morgan fingerprint density at radius 1 is 1.13 bits per heavy atom. The van der Waals surface area contributed by atoms with Gasteiger partial charge in [0.1, 0.15) is 0 Å². The molecule has 2 bridgehead atoms. The van der Waals surface area contributed by atoms with E-state index in [4.69, 9.17) is 0 Å². The Bertz CT molecular complexity index is 568. The molecule has 1 saturated heterocycles. The van der Waals surface area contributed by atoms with E-state index in [1.54, 1.807) is 6.20 Å². The van der Waals surface area contributed by atoms with Gasteiger partial charge in [0.15, 0.2) is 0 Å². The van der Waals surface area contributed by atoms with E-state index in [-0.39, 0.29) is 11.6 Å². The third-order valence-electron chi connectivity index (χ3n) is 7.03. The van der Waals surface area contributed by atoms with Crippen LogP contribution in [0.4, 0.5) is 4.79 Å². The fourth-order valence-electron chi connectivity index (χ4n) is 5.46. The van der Waals surface area contributed by atoms with Gasteiger partial charge in [-0.1, -0.05) is 5.21 Å². The minimum atomic E-state index is -0.0162. The number of hydrogen-bond acceptors (Lipinski definition) is 3. The van der Waals surface area contributed by atoms with Crippen molar-refractivity contribution in [2.24, 2.45) is 23.7 Å². The molecule has 1 aromatic rings. The number of rotatable bonds is 3. The average Bonchev–Trinajstić information content (AvgIpc) is 3.04. The molecular weight excluding hydrogens is 290 g/mol. The Hall–Kier alpha value is -1.59. The first kappa shape index (κ1) is 13.8. The predicted octanol–water partition coefficient (Wildman–Crippen LogP) is 1.84. The number of urea groups is 1. The highest BCUT2D eigenvalue weighted by Crippen LogP contribution is 2.51. The number of nitrogens with one attached hydrogen (secondary N) is 1. The molecule has 23 heavy (non-hydrogen) atoms. The van der Waals surface area contributed by atoms with Gasteiger partial charge in [-0.3, -0.25) is 0 Å². The maximum atomic E-state index is 12.6. The number of carbonyl (C=O) groups excluding carboxylic acids is 1. The molecule has 1 aromatic heterocycles. The fourth-order valence-corrected chi connectivity index (χ4v) is 5.46. The SMILES string of the molecule is O=C(NCC1(n2ccnn2)CC1)N1CC2C3CCC(CC3)C2C1. The summed E-state index contributed by atoms with van der Waals surface area (Å²) in [5.41, 5.74) is -0.0162. The highest BCUT2D eigenvalue weighted by atomic mass is 16.2. The third kappa shape index (κ3) is 2.17. The summed E-state index contributed by atoms with van der Waals surface area (Å²) in [6.45, 7) is 2.63. The van der Waals surface area contributed by atoms with E-state index in [1.165, 1.54) is 25.7 Å². The van der Waals surface area contributed by atoms with Crippen molar-refractivity contribution in [3.05, 3.63) is 12.4 Å². The zero-order valence-corrected chi connectivity index (χ0v) is 13.5. The molecule has 6 heteroatoms. The van der Waals surface area contributed by atoms with E-state index < -0.39 is 0 Å². The van der Waals surface area contributed by atoms with Crippen molar-refractivity contribution in [1.82, 2.24) is 25.2 Å². The molecule has 2 heterocycles. The highest BCUT2D eigenvalue weighted by molar-refractivity contribution is 5.74. The van der Waals surface area contributed by atoms with Crippen molar-refractivity contribution >= 4 is 6.03 Å². The van der Waals surface area contributed by atoms with Crippen molar-refractivity contribution < 1.29 is 4.79 Å². The second kappa shape index (κ2) is 4.95. The summed E-state index contributed by atoms with van der Waals surface area (Å²) < 4.78 is 1.91. The molecule has 1 aliphatic heterocycles. The molecule has 0 radical (unpaired) electrons. The molecule has 6 nitrogen and oxygen atoms in total. The standard InChI is InChI=1S/C17H25N5O/c23-16(18-11-17(5-6-17)22-8-7-19-20-22)21-9-14-12-1-2-13(4-3-12)15(14)10-21/h7-8,12-15H,1-6,9-11H2,(H,18,23). The van der Waals surface area contributed by atoms with E-state index >= 15 is 0 Å². The Labute approximate surface area is 136 Å². The molecule has 0 aromatic carbocycles. The quantitative estimate of drug-likeness (QED) is 0.926. The highest BCUT2D eigenvalue weighted by Gasteiger charge is 2.50. The van der Waals surface area contributed by atoms with Crippen LogP contribution in [0, 0.1) is 23.7 Å². The molecule has 124 valence electrons. The summed E-state index contributed by atoms with van der Waals surface area (Å²) in [6, 6.07) is 0.130. The normalized spacial score (nSPS) is 36.8. The van der Waals surface area contributed by atoms with Gasteiger partial charge >= 0.3 is 6.03 Å². The molecule has 5 aliphatic rings.